The Morgan fingerprint density at radius 3 is 1.62 bits per heavy atom. The van der Waals surface area contributed by atoms with Gasteiger partial charge in [-0.1, -0.05) is 99.2 Å². The van der Waals surface area contributed by atoms with Gasteiger partial charge >= 0.3 is 0 Å². The summed E-state index contributed by atoms with van der Waals surface area (Å²) in [6.45, 7) is 3.99. The first-order valence-corrected chi connectivity index (χ1v) is 14.4. The number of benzene rings is 4. The highest BCUT2D eigenvalue weighted by atomic mass is 16.5. The number of ether oxygens (including phenoxy) is 1. The van der Waals surface area contributed by atoms with Gasteiger partial charge in [0.1, 0.15) is 0 Å². The highest BCUT2D eigenvalue weighted by Gasteiger charge is 2.10. The van der Waals surface area contributed by atoms with Gasteiger partial charge in [-0.2, -0.15) is 0 Å². The van der Waals surface area contributed by atoms with Crippen LogP contribution in [0.5, 0.6) is 0 Å². The Bertz CT molecular complexity index is 1180. The predicted molar refractivity (Wildman–Crippen MR) is 162 cm³/mol. The van der Waals surface area contributed by atoms with Crippen LogP contribution in [0.15, 0.2) is 72.8 Å². The van der Waals surface area contributed by atoms with Crippen LogP contribution in [0, 0.1) is 6.92 Å². The fourth-order valence-corrected chi connectivity index (χ4v) is 5.53. The molecule has 0 fully saturated rings. The molecule has 196 valence electrons. The van der Waals surface area contributed by atoms with Crippen molar-refractivity contribution in [1.82, 2.24) is 0 Å². The van der Waals surface area contributed by atoms with Crippen LogP contribution in [0.4, 0.5) is 5.69 Å². The summed E-state index contributed by atoms with van der Waals surface area (Å²) in [7, 11) is 4.15. The summed E-state index contributed by atoms with van der Waals surface area (Å²) in [6.07, 6.45) is 12.7. The topological polar surface area (TPSA) is 12.5 Å². The van der Waals surface area contributed by atoms with E-state index in [1.165, 1.54) is 96.1 Å². The maximum absolute atomic E-state index is 5.87. The summed E-state index contributed by atoms with van der Waals surface area (Å²) in [5.41, 5.74) is 5.56. The van der Waals surface area contributed by atoms with E-state index in [0.717, 1.165) is 19.6 Å². The minimum absolute atomic E-state index is 0.826. The molecule has 2 nitrogen and oxygen atoms in total. The Morgan fingerprint density at radius 2 is 1.05 bits per heavy atom. The van der Waals surface area contributed by atoms with Crippen molar-refractivity contribution in [3.05, 3.63) is 89.5 Å². The molecule has 0 N–H and O–H groups in total. The number of unbranched alkanes of at least 4 members (excludes halogenated alkanes) is 7. The number of anilines is 1. The van der Waals surface area contributed by atoms with Crippen molar-refractivity contribution in [1.29, 1.82) is 0 Å². The van der Waals surface area contributed by atoms with Crippen LogP contribution in [0.25, 0.3) is 21.5 Å². The summed E-state index contributed by atoms with van der Waals surface area (Å²) in [5, 5.41) is 5.73. The molecule has 0 saturated carbocycles. The lowest BCUT2D eigenvalue weighted by molar-refractivity contribution is 0.133. The van der Waals surface area contributed by atoms with Gasteiger partial charge in [-0.3, -0.25) is 0 Å². The lowest BCUT2D eigenvalue weighted by Gasteiger charge is -2.14. The second kappa shape index (κ2) is 14.2. The van der Waals surface area contributed by atoms with Crippen molar-refractivity contribution in [2.24, 2.45) is 0 Å². The molecule has 0 amide bonds. The van der Waals surface area contributed by atoms with Crippen LogP contribution < -0.4 is 4.90 Å². The summed E-state index contributed by atoms with van der Waals surface area (Å²) in [4.78, 5) is 2.13. The lowest BCUT2D eigenvalue weighted by atomic mass is 9.90. The van der Waals surface area contributed by atoms with Gasteiger partial charge in [0.2, 0.25) is 0 Å². The normalized spacial score (nSPS) is 11.4. The fourth-order valence-electron chi connectivity index (χ4n) is 5.53. The number of rotatable bonds is 15. The largest absolute Gasteiger partial charge is 0.381 e. The Morgan fingerprint density at radius 1 is 0.541 bits per heavy atom. The molecule has 0 unspecified atom stereocenters. The Labute approximate surface area is 224 Å². The quantitative estimate of drug-likeness (QED) is 0.120. The average molecular weight is 496 g/mol. The lowest BCUT2D eigenvalue weighted by Crippen LogP contribution is -2.08. The summed E-state index contributed by atoms with van der Waals surface area (Å²) in [6, 6.07) is 26.7. The Balaban J connectivity index is 1.07. The number of hydrogen-bond acceptors (Lipinski definition) is 2. The second-order valence-electron chi connectivity index (χ2n) is 10.7. The summed E-state index contributed by atoms with van der Waals surface area (Å²) in [5.74, 6) is 0. The highest BCUT2D eigenvalue weighted by Crippen LogP contribution is 2.33. The third-order valence-electron chi connectivity index (χ3n) is 7.77. The van der Waals surface area contributed by atoms with Crippen molar-refractivity contribution in [2.45, 2.75) is 71.1 Å². The summed E-state index contributed by atoms with van der Waals surface area (Å²) >= 11 is 0. The van der Waals surface area contributed by atoms with Crippen LogP contribution in [0.2, 0.25) is 0 Å². The molecular weight excluding hydrogens is 450 g/mol. The molecule has 0 aliphatic carbocycles. The molecule has 2 heteroatoms. The molecule has 0 radical (unpaired) electrons. The van der Waals surface area contributed by atoms with E-state index in [1.54, 1.807) is 5.56 Å². The zero-order valence-electron chi connectivity index (χ0n) is 23.3. The fraction of sp³-hybridized carbons (Fsp3) is 0.429. The van der Waals surface area contributed by atoms with E-state index in [1.807, 2.05) is 0 Å². The second-order valence-corrected chi connectivity index (χ2v) is 10.7. The van der Waals surface area contributed by atoms with Crippen LogP contribution in [-0.4, -0.2) is 27.3 Å². The standard InChI is InChI=1S/C35H45NO/c1-28-31-16-11-13-19-33(31)35(34-20-14-12-17-32(28)34)18-10-8-6-4-5-7-9-15-26-37-27-25-29-21-23-30(24-22-29)36(2)3/h11-14,16-17,19-24H,4-10,15,18,25-27H2,1-3H3. The third kappa shape index (κ3) is 7.58. The van der Waals surface area contributed by atoms with Crippen molar-refractivity contribution in [2.75, 3.05) is 32.2 Å². The van der Waals surface area contributed by atoms with Crippen LogP contribution in [-0.2, 0) is 17.6 Å². The predicted octanol–water partition coefficient (Wildman–Crippen LogP) is 9.29. The molecule has 0 spiro atoms. The number of aryl methyl sites for hydroxylation is 2. The molecule has 0 heterocycles. The first kappa shape index (κ1) is 27.2. The van der Waals surface area contributed by atoms with E-state index < -0.39 is 0 Å². The molecule has 0 bridgehead atoms. The summed E-state index contributed by atoms with van der Waals surface area (Å²) < 4.78 is 5.87. The molecule has 4 rings (SSSR count). The molecule has 4 aromatic rings. The first-order valence-electron chi connectivity index (χ1n) is 14.4. The Hall–Kier alpha value is -2.84. The minimum atomic E-state index is 0.826. The monoisotopic (exact) mass is 495 g/mol. The zero-order chi connectivity index (χ0) is 25.9. The van der Waals surface area contributed by atoms with Gasteiger partial charge < -0.3 is 9.64 Å². The van der Waals surface area contributed by atoms with Gasteiger partial charge in [0, 0.05) is 26.4 Å². The first-order chi connectivity index (χ1) is 18.1. The van der Waals surface area contributed by atoms with E-state index in [9.17, 15) is 0 Å². The van der Waals surface area contributed by atoms with Gasteiger partial charge in [-0.25, -0.2) is 0 Å². The van der Waals surface area contributed by atoms with Gasteiger partial charge in [-0.05, 0) is 83.0 Å². The van der Waals surface area contributed by atoms with Gasteiger partial charge in [0.25, 0.3) is 0 Å². The van der Waals surface area contributed by atoms with Gasteiger partial charge in [0.15, 0.2) is 0 Å². The number of fused-ring (bicyclic) bond motifs is 2. The minimum Gasteiger partial charge on any atom is -0.381 e. The number of hydrogen-bond donors (Lipinski definition) is 0. The maximum Gasteiger partial charge on any atom is 0.0506 e. The molecule has 0 atom stereocenters. The highest BCUT2D eigenvalue weighted by molar-refractivity contribution is 6.05. The molecule has 0 saturated heterocycles. The van der Waals surface area contributed by atoms with Crippen molar-refractivity contribution in [3.8, 4) is 0 Å². The average Bonchev–Trinajstić information content (AvgIpc) is 2.93. The maximum atomic E-state index is 5.87. The van der Waals surface area contributed by atoms with Crippen LogP contribution in [0.1, 0.15) is 68.1 Å². The number of nitrogens with zero attached hydrogens (tertiary/aromatic N) is 1. The van der Waals surface area contributed by atoms with Crippen molar-refractivity contribution < 1.29 is 4.74 Å². The van der Waals surface area contributed by atoms with Gasteiger partial charge in [0.05, 0.1) is 6.61 Å². The van der Waals surface area contributed by atoms with Gasteiger partial charge in [-0.15, -0.1) is 0 Å². The van der Waals surface area contributed by atoms with E-state index in [4.69, 9.17) is 4.74 Å². The molecule has 0 aliphatic heterocycles. The van der Waals surface area contributed by atoms with Crippen molar-refractivity contribution in [3.63, 3.8) is 0 Å². The smallest absolute Gasteiger partial charge is 0.0506 e. The molecular formula is C35H45NO. The van der Waals surface area contributed by atoms with E-state index in [2.05, 4.69) is 98.7 Å². The van der Waals surface area contributed by atoms with Crippen LogP contribution >= 0.6 is 0 Å². The Kier molecular flexibility index (Phi) is 10.4. The van der Waals surface area contributed by atoms with Crippen LogP contribution in [0.3, 0.4) is 0 Å². The van der Waals surface area contributed by atoms with E-state index in [0.29, 0.717) is 0 Å². The van der Waals surface area contributed by atoms with Crippen molar-refractivity contribution >= 4 is 27.2 Å². The third-order valence-corrected chi connectivity index (χ3v) is 7.77. The molecule has 4 aromatic carbocycles. The molecule has 37 heavy (non-hydrogen) atoms. The van der Waals surface area contributed by atoms with E-state index in [-0.39, 0.29) is 0 Å². The van der Waals surface area contributed by atoms with E-state index >= 15 is 0 Å². The SMILES string of the molecule is Cc1c2ccccc2c(CCCCCCCCCCOCCc2ccc(N(C)C)cc2)c2ccccc12. The molecule has 0 aliphatic rings. The molecule has 0 aromatic heterocycles. The zero-order valence-corrected chi connectivity index (χ0v) is 23.3.